The minimum atomic E-state index is 0. The lowest BCUT2D eigenvalue weighted by molar-refractivity contribution is -0.626. The molecule has 1 heterocycles. The molecule has 1 rings (SSSR count). The first-order chi connectivity index (χ1) is 3.84. The van der Waals surface area contributed by atoms with E-state index < -0.39 is 0 Å². The lowest BCUT2D eigenvalue weighted by atomic mass is 10.5. The number of halogens is 1. The molecule has 1 aliphatic heterocycles. The van der Waals surface area contributed by atoms with Gasteiger partial charge in [0.2, 0.25) is 6.41 Å². The molecule has 1 atom stereocenters. The van der Waals surface area contributed by atoms with Gasteiger partial charge in [-0.15, -0.1) is 0 Å². The number of hydrogen-bond acceptors (Lipinski definition) is 1. The molecule has 2 N–H and O–H groups in total. The van der Waals surface area contributed by atoms with Crippen molar-refractivity contribution in [3.05, 3.63) is 12.4 Å². The summed E-state index contributed by atoms with van der Waals surface area (Å²) in [6, 6.07) is 0. The number of nitrogens with zero attached hydrogens (tertiary/aromatic N) is 1. The van der Waals surface area contributed by atoms with Crippen LogP contribution in [0.15, 0.2) is 12.4 Å². The molecule has 9 heavy (non-hydrogen) atoms. The molecule has 0 aliphatic carbocycles. The summed E-state index contributed by atoms with van der Waals surface area (Å²) in [6.07, 6.45) is 4.72. The molecular weight excluding hydrogens is 231 g/mol. The van der Waals surface area contributed by atoms with Crippen LogP contribution in [0, 0.1) is 0 Å². The average molecular weight is 240 g/mol. The second kappa shape index (κ2) is 3.84. The predicted octanol–water partition coefficient (Wildman–Crippen LogP) is -4.16. The fraction of sp³-hybridized carbons (Fsp3) is 0.400. The Labute approximate surface area is 71.1 Å². The van der Waals surface area contributed by atoms with E-state index in [1.54, 1.807) is 11.1 Å². The molecule has 0 aromatic heterocycles. The van der Waals surface area contributed by atoms with Crippen molar-refractivity contribution < 1.29 is 34.1 Å². The Bertz CT molecular complexity index is 126. The first-order valence-corrected chi connectivity index (χ1v) is 2.59. The van der Waals surface area contributed by atoms with E-state index in [1.807, 2.05) is 18.4 Å². The highest BCUT2D eigenvalue weighted by Gasteiger charge is 2.14. The largest absolute Gasteiger partial charge is 1.00 e. The highest BCUT2D eigenvalue weighted by atomic mass is 127. The molecule has 1 amide bonds. The molecule has 0 fully saturated rings. The second-order valence-corrected chi connectivity index (χ2v) is 1.83. The van der Waals surface area contributed by atoms with Crippen molar-refractivity contribution >= 4 is 6.41 Å². The van der Waals surface area contributed by atoms with Gasteiger partial charge in [-0.25, -0.2) is 0 Å². The van der Waals surface area contributed by atoms with Gasteiger partial charge in [-0.2, -0.15) is 0 Å². The molecule has 0 bridgehead atoms. The van der Waals surface area contributed by atoms with Crippen LogP contribution in [0.1, 0.15) is 6.92 Å². The summed E-state index contributed by atoms with van der Waals surface area (Å²) in [5.41, 5.74) is 0. The van der Waals surface area contributed by atoms with Crippen LogP contribution in [0.2, 0.25) is 0 Å². The molecule has 1 aliphatic rings. The van der Waals surface area contributed by atoms with Crippen molar-refractivity contribution in [1.29, 1.82) is 0 Å². The summed E-state index contributed by atoms with van der Waals surface area (Å²) in [5, 5.41) is 1.97. The van der Waals surface area contributed by atoms with Gasteiger partial charge in [0.05, 0.1) is 6.20 Å². The fourth-order valence-electron chi connectivity index (χ4n) is 0.676. The van der Waals surface area contributed by atoms with Crippen LogP contribution in [-0.2, 0) is 4.79 Å². The Balaban J connectivity index is 0.000000640. The van der Waals surface area contributed by atoms with Crippen molar-refractivity contribution in [2.75, 3.05) is 0 Å². The van der Waals surface area contributed by atoms with Crippen LogP contribution in [0.25, 0.3) is 0 Å². The molecule has 0 radical (unpaired) electrons. The van der Waals surface area contributed by atoms with Gasteiger partial charge < -0.3 is 24.0 Å². The predicted molar refractivity (Wildman–Crippen MR) is 28.4 cm³/mol. The maximum Gasteiger partial charge on any atom is 0.218 e. The van der Waals surface area contributed by atoms with Crippen molar-refractivity contribution in [2.45, 2.75) is 13.1 Å². The van der Waals surface area contributed by atoms with E-state index in [0.717, 1.165) is 6.41 Å². The molecule has 4 heteroatoms. The van der Waals surface area contributed by atoms with Crippen LogP contribution in [0.4, 0.5) is 0 Å². The van der Waals surface area contributed by atoms with Crippen molar-refractivity contribution in [3.63, 3.8) is 0 Å². The smallest absolute Gasteiger partial charge is 0.218 e. The maximum absolute atomic E-state index is 10.1. The zero-order valence-corrected chi connectivity index (χ0v) is 7.28. The van der Waals surface area contributed by atoms with Gasteiger partial charge in [-0.1, -0.05) is 0 Å². The molecular formula is C5H9IN2O. The van der Waals surface area contributed by atoms with Gasteiger partial charge in [0, 0.05) is 6.92 Å². The standard InChI is InChI=1S/C5H8N2O.HI/c1-5-6-2-3-7(5)4-8;/h2-6H,1H3;1H. The van der Waals surface area contributed by atoms with Crippen molar-refractivity contribution in [1.82, 2.24) is 4.90 Å². The number of carbonyl (C=O) groups is 1. The highest BCUT2D eigenvalue weighted by molar-refractivity contribution is 5.49. The Morgan fingerprint density at radius 3 is 2.67 bits per heavy atom. The minimum absolute atomic E-state index is 0. The summed E-state index contributed by atoms with van der Waals surface area (Å²) in [4.78, 5) is 11.7. The fourth-order valence-corrected chi connectivity index (χ4v) is 0.676. The van der Waals surface area contributed by atoms with Gasteiger partial charge in [-0.05, 0) is 0 Å². The van der Waals surface area contributed by atoms with E-state index in [1.165, 1.54) is 0 Å². The van der Waals surface area contributed by atoms with Crippen LogP contribution in [0.3, 0.4) is 0 Å². The minimum Gasteiger partial charge on any atom is -1.00 e. The molecule has 1 unspecified atom stereocenters. The van der Waals surface area contributed by atoms with Crippen LogP contribution in [0.5, 0.6) is 0 Å². The number of quaternary nitrogens is 1. The molecule has 0 saturated carbocycles. The topological polar surface area (TPSA) is 36.9 Å². The van der Waals surface area contributed by atoms with Gasteiger partial charge in [0.1, 0.15) is 6.20 Å². The van der Waals surface area contributed by atoms with Crippen molar-refractivity contribution in [2.24, 2.45) is 0 Å². The van der Waals surface area contributed by atoms with Crippen molar-refractivity contribution in [3.8, 4) is 0 Å². The third kappa shape index (κ3) is 1.94. The van der Waals surface area contributed by atoms with Gasteiger partial charge >= 0.3 is 0 Å². The molecule has 0 aromatic rings. The molecule has 0 saturated heterocycles. The van der Waals surface area contributed by atoms with Crippen LogP contribution < -0.4 is 29.3 Å². The van der Waals surface area contributed by atoms with Gasteiger partial charge in [-0.3, -0.25) is 15.0 Å². The number of carbonyl (C=O) groups excluding carboxylic acids is 1. The van der Waals surface area contributed by atoms with Gasteiger partial charge in [0.15, 0.2) is 6.17 Å². The summed E-state index contributed by atoms with van der Waals surface area (Å²) >= 11 is 0. The maximum atomic E-state index is 10.1. The van der Waals surface area contributed by atoms with E-state index in [-0.39, 0.29) is 30.1 Å². The van der Waals surface area contributed by atoms with E-state index in [9.17, 15) is 4.79 Å². The molecule has 0 spiro atoms. The first-order valence-electron chi connectivity index (χ1n) is 2.59. The Morgan fingerprint density at radius 2 is 2.44 bits per heavy atom. The molecule has 0 aromatic carbocycles. The summed E-state index contributed by atoms with van der Waals surface area (Å²) in [5.74, 6) is 0. The lowest BCUT2D eigenvalue weighted by Gasteiger charge is -2.08. The first kappa shape index (κ1) is 8.90. The number of amides is 1. The molecule has 3 nitrogen and oxygen atoms in total. The van der Waals surface area contributed by atoms with Crippen LogP contribution in [-0.4, -0.2) is 17.5 Å². The monoisotopic (exact) mass is 240 g/mol. The van der Waals surface area contributed by atoms with E-state index in [0.29, 0.717) is 0 Å². The summed E-state index contributed by atoms with van der Waals surface area (Å²) < 4.78 is 0. The summed E-state index contributed by atoms with van der Waals surface area (Å²) in [6.45, 7) is 1.97. The van der Waals surface area contributed by atoms with Crippen LogP contribution >= 0.6 is 0 Å². The highest BCUT2D eigenvalue weighted by Crippen LogP contribution is 1.90. The Hall–Kier alpha value is -0.100. The summed E-state index contributed by atoms with van der Waals surface area (Å²) in [7, 11) is 0. The average Bonchev–Trinajstić information content (AvgIpc) is 2.14. The Morgan fingerprint density at radius 1 is 1.78 bits per heavy atom. The zero-order chi connectivity index (χ0) is 5.98. The lowest BCUT2D eigenvalue weighted by Crippen LogP contribution is -3.00. The van der Waals surface area contributed by atoms with E-state index in [2.05, 4.69) is 0 Å². The quantitative estimate of drug-likeness (QED) is 0.366. The Kier molecular flexibility index (Phi) is 3.79. The van der Waals surface area contributed by atoms with E-state index >= 15 is 0 Å². The number of rotatable bonds is 1. The van der Waals surface area contributed by atoms with Gasteiger partial charge in [0.25, 0.3) is 0 Å². The third-order valence-corrected chi connectivity index (χ3v) is 1.24. The number of nitrogens with two attached hydrogens (primary N) is 1. The number of hydrogen-bond donors (Lipinski definition) is 1. The third-order valence-electron chi connectivity index (χ3n) is 1.24. The zero-order valence-electron chi connectivity index (χ0n) is 5.12. The SMILES string of the molecule is CC1[NH2+]C=CN1C=O.[I-]. The second-order valence-electron chi connectivity index (χ2n) is 1.83. The normalized spacial score (nSPS) is 23.7. The molecule has 52 valence electrons. The van der Waals surface area contributed by atoms with E-state index in [4.69, 9.17) is 0 Å².